The maximum absolute atomic E-state index is 12.8. The number of amides is 1. The number of nitrogens with one attached hydrogen (secondary N) is 2. The molecule has 0 spiro atoms. The minimum atomic E-state index is -0.354. The van der Waals surface area contributed by atoms with Crippen molar-refractivity contribution in [3.63, 3.8) is 0 Å². The van der Waals surface area contributed by atoms with E-state index in [0.29, 0.717) is 23.6 Å². The van der Waals surface area contributed by atoms with E-state index in [2.05, 4.69) is 10.3 Å². The van der Waals surface area contributed by atoms with E-state index in [1.165, 1.54) is 24.3 Å². The molecule has 1 aromatic heterocycles. The van der Waals surface area contributed by atoms with Crippen molar-refractivity contribution in [1.29, 1.82) is 0 Å². The zero-order valence-corrected chi connectivity index (χ0v) is 12.5. The molecular weight excluding hydrogens is 303 g/mol. The van der Waals surface area contributed by atoms with Crippen molar-refractivity contribution in [3.05, 3.63) is 70.6 Å². The van der Waals surface area contributed by atoms with Gasteiger partial charge >= 0.3 is 0 Å². The fourth-order valence-corrected chi connectivity index (χ4v) is 2.54. The number of fused-ring (bicyclic) bond motifs is 1. The summed E-state index contributed by atoms with van der Waals surface area (Å²) >= 11 is 6.01. The van der Waals surface area contributed by atoms with Crippen LogP contribution in [-0.2, 0) is 6.42 Å². The molecular formula is C17H14ClFN2O. The Morgan fingerprint density at radius 1 is 1.18 bits per heavy atom. The van der Waals surface area contributed by atoms with Crippen LogP contribution in [0.2, 0.25) is 5.02 Å². The number of hydrogen-bond donors (Lipinski definition) is 2. The largest absolute Gasteiger partial charge is 0.361 e. The summed E-state index contributed by atoms with van der Waals surface area (Å²) in [5.74, 6) is -0.565. The van der Waals surface area contributed by atoms with E-state index in [0.717, 1.165) is 16.5 Å². The quantitative estimate of drug-likeness (QED) is 0.752. The molecule has 0 radical (unpaired) electrons. The lowest BCUT2D eigenvalue weighted by atomic mass is 10.1. The minimum absolute atomic E-state index is 0.210. The van der Waals surface area contributed by atoms with Gasteiger partial charge in [0.25, 0.3) is 5.91 Å². The number of rotatable bonds is 4. The van der Waals surface area contributed by atoms with Crippen molar-refractivity contribution < 1.29 is 9.18 Å². The molecule has 2 aromatic carbocycles. The van der Waals surface area contributed by atoms with Gasteiger partial charge in [0.2, 0.25) is 0 Å². The first-order chi connectivity index (χ1) is 10.6. The number of carbonyl (C=O) groups is 1. The predicted molar refractivity (Wildman–Crippen MR) is 85.7 cm³/mol. The summed E-state index contributed by atoms with van der Waals surface area (Å²) in [6, 6.07) is 11.2. The molecule has 0 saturated carbocycles. The molecule has 3 nitrogen and oxygen atoms in total. The Bertz CT molecular complexity index is 811. The molecule has 5 heteroatoms. The number of carbonyl (C=O) groups excluding carboxylic acids is 1. The van der Waals surface area contributed by atoms with Crippen LogP contribution in [0.25, 0.3) is 10.9 Å². The van der Waals surface area contributed by atoms with E-state index in [1.807, 2.05) is 24.4 Å². The standard InChI is InChI=1S/C17H14ClFN2O/c18-13-3-6-16-15(9-13)12(10-21-16)7-8-20-17(22)11-1-4-14(19)5-2-11/h1-6,9-10,21H,7-8H2,(H,20,22). The number of halogens is 2. The second-order valence-corrected chi connectivity index (χ2v) is 5.45. The fourth-order valence-electron chi connectivity index (χ4n) is 2.37. The van der Waals surface area contributed by atoms with E-state index in [9.17, 15) is 9.18 Å². The molecule has 2 N–H and O–H groups in total. The third-order valence-corrected chi connectivity index (χ3v) is 3.75. The first-order valence-electron chi connectivity index (χ1n) is 6.93. The van der Waals surface area contributed by atoms with Crippen molar-refractivity contribution >= 4 is 28.4 Å². The van der Waals surface area contributed by atoms with E-state index in [-0.39, 0.29) is 11.7 Å². The van der Waals surface area contributed by atoms with Gasteiger partial charge in [-0.1, -0.05) is 11.6 Å². The van der Waals surface area contributed by atoms with Gasteiger partial charge in [0.15, 0.2) is 0 Å². The zero-order chi connectivity index (χ0) is 15.5. The lowest BCUT2D eigenvalue weighted by molar-refractivity contribution is 0.0954. The van der Waals surface area contributed by atoms with Crippen molar-refractivity contribution in [2.45, 2.75) is 6.42 Å². The lowest BCUT2D eigenvalue weighted by Crippen LogP contribution is -2.25. The fraction of sp³-hybridized carbons (Fsp3) is 0.118. The molecule has 1 amide bonds. The maximum atomic E-state index is 12.8. The zero-order valence-electron chi connectivity index (χ0n) is 11.7. The highest BCUT2D eigenvalue weighted by molar-refractivity contribution is 6.31. The van der Waals surface area contributed by atoms with Gasteiger partial charge in [-0.3, -0.25) is 4.79 Å². The third kappa shape index (κ3) is 3.12. The Labute approximate surface area is 132 Å². The van der Waals surface area contributed by atoms with Crippen LogP contribution in [0.5, 0.6) is 0 Å². The van der Waals surface area contributed by atoms with E-state index < -0.39 is 0 Å². The summed E-state index contributed by atoms with van der Waals surface area (Å²) in [6.07, 6.45) is 2.61. The highest BCUT2D eigenvalue weighted by Gasteiger charge is 2.07. The molecule has 1 heterocycles. The Morgan fingerprint density at radius 2 is 1.95 bits per heavy atom. The highest BCUT2D eigenvalue weighted by atomic mass is 35.5. The van der Waals surface area contributed by atoms with Crippen LogP contribution in [0.4, 0.5) is 4.39 Å². The first-order valence-corrected chi connectivity index (χ1v) is 7.30. The molecule has 3 aromatic rings. The van der Waals surface area contributed by atoms with Gasteiger partial charge in [0.05, 0.1) is 0 Å². The van der Waals surface area contributed by atoms with E-state index >= 15 is 0 Å². The second kappa shape index (κ2) is 6.20. The van der Waals surface area contributed by atoms with E-state index in [4.69, 9.17) is 11.6 Å². The van der Waals surface area contributed by atoms with Gasteiger partial charge in [-0.25, -0.2) is 4.39 Å². The molecule has 0 saturated heterocycles. The molecule has 0 unspecified atom stereocenters. The summed E-state index contributed by atoms with van der Waals surface area (Å²) in [4.78, 5) is 15.1. The average Bonchev–Trinajstić information content (AvgIpc) is 2.90. The summed E-state index contributed by atoms with van der Waals surface area (Å²) in [5.41, 5.74) is 2.56. The topological polar surface area (TPSA) is 44.9 Å². The average molecular weight is 317 g/mol. The first kappa shape index (κ1) is 14.6. The molecule has 0 fully saturated rings. The molecule has 0 atom stereocenters. The monoisotopic (exact) mass is 316 g/mol. The highest BCUT2D eigenvalue weighted by Crippen LogP contribution is 2.22. The molecule has 0 bridgehead atoms. The normalized spacial score (nSPS) is 10.8. The number of H-pyrrole nitrogens is 1. The number of aromatic amines is 1. The lowest BCUT2D eigenvalue weighted by Gasteiger charge is -2.05. The molecule has 0 aliphatic heterocycles. The van der Waals surface area contributed by atoms with Crippen molar-refractivity contribution in [1.82, 2.24) is 10.3 Å². The van der Waals surface area contributed by atoms with Gasteiger partial charge in [-0.15, -0.1) is 0 Å². The van der Waals surface area contributed by atoms with Gasteiger partial charge in [-0.05, 0) is 54.4 Å². The second-order valence-electron chi connectivity index (χ2n) is 5.02. The van der Waals surface area contributed by atoms with Crippen LogP contribution in [0.1, 0.15) is 15.9 Å². The molecule has 112 valence electrons. The molecule has 0 aliphatic carbocycles. The van der Waals surface area contributed by atoms with Crippen LogP contribution in [0.3, 0.4) is 0 Å². The van der Waals surface area contributed by atoms with E-state index in [1.54, 1.807) is 0 Å². The summed E-state index contributed by atoms with van der Waals surface area (Å²) in [5, 5.41) is 4.57. The molecule has 22 heavy (non-hydrogen) atoms. The number of aromatic nitrogens is 1. The van der Waals surface area contributed by atoms with Gasteiger partial charge < -0.3 is 10.3 Å². The van der Waals surface area contributed by atoms with Crippen LogP contribution in [-0.4, -0.2) is 17.4 Å². The Kier molecular flexibility index (Phi) is 4.11. The smallest absolute Gasteiger partial charge is 0.251 e. The summed E-state index contributed by atoms with van der Waals surface area (Å²) in [7, 11) is 0. The predicted octanol–water partition coefficient (Wildman–Crippen LogP) is 3.93. The number of benzene rings is 2. The Hall–Kier alpha value is -2.33. The van der Waals surface area contributed by atoms with Gasteiger partial charge in [0, 0.05) is 34.2 Å². The maximum Gasteiger partial charge on any atom is 0.251 e. The van der Waals surface area contributed by atoms with Crippen molar-refractivity contribution in [3.8, 4) is 0 Å². The molecule has 3 rings (SSSR count). The van der Waals surface area contributed by atoms with Crippen molar-refractivity contribution in [2.75, 3.05) is 6.54 Å². The summed E-state index contributed by atoms with van der Waals surface area (Å²) < 4.78 is 12.8. The van der Waals surface area contributed by atoms with Gasteiger partial charge in [-0.2, -0.15) is 0 Å². The van der Waals surface area contributed by atoms with Crippen LogP contribution >= 0.6 is 11.6 Å². The van der Waals surface area contributed by atoms with Crippen molar-refractivity contribution in [2.24, 2.45) is 0 Å². The van der Waals surface area contributed by atoms with Crippen LogP contribution in [0, 0.1) is 5.82 Å². The van der Waals surface area contributed by atoms with Crippen LogP contribution < -0.4 is 5.32 Å². The molecule has 0 aliphatic rings. The van der Waals surface area contributed by atoms with Gasteiger partial charge in [0.1, 0.15) is 5.82 Å². The Balaban J connectivity index is 1.63. The van der Waals surface area contributed by atoms with Crippen LogP contribution in [0.15, 0.2) is 48.7 Å². The number of hydrogen-bond acceptors (Lipinski definition) is 1. The Morgan fingerprint density at radius 3 is 2.73 bits per heavy atom. The SMILES string of the molecule is O=C(NCCc1c[nH]c2ccc(Cl)cc12)c1ccc(F)cc1. The summed E-state index contributed by atoms with van der Waals surface area (Å²) in [6.45, 7) is 0.496. The third-order valence-electron chi connectivity index (χ3n) is 3.52. The minimum Gasteiger partial charge on any atom is -0.361 e.